The normalized spacial score (nSPS) is 24.7. The van der Waals surface area contributed by atoms with Crippen molar-refractivity contribution in [3.63, 3.8) is 0 Å². The molecule has 182 valence electrons. The minimum atomic E-state index is -0.572. The molecule has 0 bridgehead atoms. The Kier molecular flexibility index (Phi) is 6.59. The smallest absolute Gasteiger partial charge is 0.315 e. The summed E-state index contributed by atoms with van der Waals surface area (Å²) < 4.78 is 5.98. The van der Waals surface area contributed by atoms with Gasteiger partial charge in [0.25, 0.3) is 0 Å². The SMILES string of the molecule is CC1=NC2=C(C(=O)C[C@@H](c3ccccc3)C2)[C@H](c2ccc(N(C)C)cc2)C1C(=O)OC1CCCC1. The van der Waals surface area contributed by atoms with E-state index in [-0.39, 0.29) is 29.7 Å². The number of aliphatic imine (C=N–C) groups is 1. The molecule has 3 atom stereocenters. The van der Waals surface area contributed by atoms with Gasteiger partial charge in [-0.1, -0.05) is 42.5 Å². The monoisotopic (exact) mass is 470 g/mol. The molecule has 0 radical (unpaired) electrons. The van der Waals surface area contributed by atoms with Gasteiger partial charge in [-0.15, -0.1) is 0 Å². The minimum Gasteiger partial charge on any atom is -0.462 e. The first-order valence-electron chi connectivity index (χ1n) is 12.8. The van der Waals surface area contributed by atoms with Crippen LogP contribution in [0.15, 0.2) is 70.9 Å². The third kappa shape index (κ3) is 4.69. The zero-order valence-electron chi connectivity index (χ0n) is 20.9. The molecule has 0 spiro atoms. The zero-order valence-corrected chi connectivity index (χ0v) is 20.9. The first-order chi connectivity index (χ1) is 16.9. The predicted octanol–water partition coefficient (Wildman–Crippen LogP) is 5.81. The standard InChI is InChI=1S/C30H34N2O3/c1-19-27(30(34)35-24-11-7-8-12-24)28(21-13-15-23(16-14-21)32(2)3)29-25(31-19)17-22(18-26(29)33)20-9-5-4-6-10-20/h4-6,9-10,13-16,22,24,27-28H,7-8,11-12,17-18H2,1-3H3/t22-,27?,28+/m0/s1. The Bertz CT molecular complexity index is 1160. The Balaban J connectivity index is 1.54. The van der Waals surface area contributed by atoms with Gasteiger partial charge in [0.05, 0.1) is 0 Å². The number of esters is 1. The topological polar surface area (TPSA) is 59.0 Å². The first-order valence-corrected chi connectivity index (χ1v) is 12.8. The Morgan fingerprint density at radius 2 is 1.63 bits per heavy atom. The zero-order chi connectivity index (χ0) is 24.5. The predicted molar refractivity (Wildman–Crippen MR) is 139 cm³/mol. The highest BCUT2D eigenvalue weighted by Crippen LogP contribution is 2.47. The minimum absolute atomic E-state index is 0.0213. The molecule has 2 aromatic rings. The van der Waals surface area contributed by atoms with Gasteiger partial charge in [0.2, 0.25) is 0 Å². The molecular formula is C30H34N2O3. The van der Waals surface area contributed by atoms with E-state index < -0.39 is 5.92 Å². The van der Waals surface area contributed by atoms with Crippen molar-refractivity contribution in [3.05, 3.63) is 77.0 Å². The Morgan fingerprint density at radius 3 is 2.29 bits per heavy atom. The van der Waals surface area contributed by atoms with Crippen LogP contribution in [0.5, 0.6) is 0 Å². The van der Waals surface area contributed by atoms with Gasteiger partial charge in [0, 0.05) is 49.1 Å². The highest BCUT2D eigenvalue weighted by molar-refractivity contribution is 6.09. The number of anilines is 1. The van der Waals surface area contributed by atoms with E-state index >= 15 is 0 Å². The summed E-state index contributed by atoms with van der Waals surface area (Å²) in [6, 6.07) is 18.4. The first kappa shape index (κ1) is 23.5. The van der Waals surface area contributed by atoms with Crippen molar-refractivity contribution >= 4 is 23.2 Å². The second kappa shape index (κ2) is 9.80. The van der Waals surface area contributed by atoms with E-state index in [2.05, 4.69) is 36.4 Å². The molecular weight excluding hydrogens is 436 g/mol. The van der Waals surface area contributed by atoms with Gasteiger partial charge in [0.1, 0.15) is 12.0 Å². The second-order valence-corrected chi connectivity index (χ2v) is 10.3. The number of carbonyl (C=O) groups is 2. The van der Waals surface area contributed by atoms with E-state index in [1.54, 1.807) is 0 Å². The fourth-order valence-electron chi connectivity index (χ4n) is 5.91. The number of hydrogen-bond acceptors (Lipinski definition) is 5. The molecule has 1 heterocycles. The van der Waals surface area contributed by atoms with E-state index in [0.717, 1.165) is 53.9 Å². The van der Waals surface area contributed by atoms with Gasteiger partial charge in [-0.05, 0) is 68.2 Å². The van der Waals surface area contributed by atoms with E-state index in [0.29, 0.717) is 18.4 Å². The fourth-order valence-corrected chi connectivity index (χ4v) is 5.91. The van der Waals surface area contributed by atoms with Crippen LogP contribution in [-0.2, 0) is 14.3 Å². The van der Waals surface area contributed by atoms with E-state index in [4.69, 9.17) is 9.73 Å². The summed E-state index contributed by atoms with van der Waals surface area (Å²) in [5, 5.41) is 0. The third-order valence-electron chi connectivity index (χ3n) is 7.77. The van der Waals surface area contributed by atoms with Gasteiger partial charge in [-0.25, -0.2) is 0 Å². The number of carbonyl (C=O) groups excluding carboxylic acids is 2. The molecule has 0 N–H and O–H groups in total. The van der Waals surface area contributed by atoms with Gasteiger partial charge in [-0.2, -0.15) is 0 Å². The lowest BCUT2D eigenvalue weighted by atomic mass is 9.69. The fraction of sp³-hybridized carbons (Fsp3) is 0.433. The van der Waals surface area contributed by atoms with Crippen LogP contribution in [0.4, 0.5) is 5.69 Å². The van der Waals surface area contributed by atoms with Crippen molar-refractivity contribution in [2.45, 2.75) is 63.4 Å². The number of rotatable bonds is 5. The van der Waals surface area contributed by atoms with Gasteiger partial charge in [-0.3, -0.25) is 14.6 Å². The average molecular weight is 471 g/mol. The molecule has 1 aliphatic heterocycles. The summed E-state index contributed by atoms with van der Waals surface area (Å²) in [7, 11) is 4.01. The molecule has 0 amide bonds. The number of allylic oxidation sites excluding steroid dienone is 2. The Morgan fingerprint density at radius 1 is 0.943 bits per heavy atom. The van der Waals surface area contributed by atoms with Crippen molar-refractivity contribution in [1.82, 2.24) is 0 Å². The largest absolute Gasteiger partial charge is 0.462 e. The van der Waals surface area contributed by atoms with Gasteiger partial charge >= 0.3 is 5.97 Å². The van der Waals surface area contributed by atoms with E-state index in [1.165, 1.54) is 0 Å². The van der Waals surface area contributed by atoms with Crippen LogP contribution in [0.3, 0.4) is 0 Å². The van der Waals surface area contributed by atoms with Gasteiger partial charge in [0.15, 0.2) is 5.78 Å². The van der Waals surface area contributed by atoms with Crippen LogP contribution in [0.1, 0.15) is 68.4 Å². The summed E-state index contributed by atoms with van der Waals surface area (Å²) in [4.78, 5) is 34.2. The van der Waals surface area contributed by atoms with Crippen molar-refractivity contribution < 1.29 is 14.3 Å². The van der Waals surface area contributed by atoms with Crippen molar-refractivity contribution in [2.75, 3.05) is 19.0 Å². The number of ether oxygens (including phenoxy) is 1. The summed E-state index contributed by atoms with van der Waals surface area (Å²) >= 11 is 0. The third-order valence-corrected chi connectivity index (χ3v) is 7.77. The molecule has 3 aliphatic rings. The van der Waals surface area contributed by atoms with Crippen molar-refractivity contribution in [1.29, 1.82) is 0 Å². The maximum Gasteiger partial charge on any atom is 0.315 e. The second-order valence-electron chi connectivity index (χ2n) is 10.3. The van der Waals surface area contributed by atoms with Crippen LogP contribution in [0, 0.1) is 5.92 Å². The highest BCUT2D eigenvalue weighted by atomic mass is 16.5. The van der Waals surface area contributed by atoms with Crippen LogP contribution in [0.25, 0.3) is 0 Å². The molecule has 2 aromatic carbocycles. The number of Topliss-reactive ketones (excluding diaryl/α,β-unsaturated/α-hetero) is 1. The van der Waals surface area contributed by atoms with Crippen LogP contribution in [0.2, 0.25) is 0 Å². The summed E-state index contributed by atoms with van der Waals surface area (Å²) in [5.74, 6) is -0.979. The number of ketones is 1. The van der Waals surface area contributed by atoms with Crippen LogP contribution >= 0.6 is 0 Å². The molecule has 5 rings (SSSR count). The maximum atomic E-state index is 13.7. The summed E-state index contributed by atoms with van der Waals surface area (Å²) in [6.45, 7) is 1.92. The number of nitrogens with zero attached hydrogens (tertiary/aromatic N) is 2. The van der Waals surface area contributed by atoms with E-state index in [1.807, 2.05) is 44.1 Å². The lowest BCUT2D eigenvalue weighted by Gasteiger charge is -2.37. The highest BCUT2D eigenvalue weighted by Gasteiger charge is 2.45. The average Bonchev–Trinajstić information content (AvgIpc) is 3.36. The quantitative estimate of drug-likeness (QED) is 0.517. The molecule has 0 saturated heterocycles. The molecule has 5 nitrogen and oxygen atoms in total. The molecule has 1 saturated carbocycles. The lowest BCUT2D eigenvalue weighted by molar-refractivity contribution is -0.151. The lowest BCUT2D eigenvalue weighted by Crippen LogP contribution is -2.39. The van der Waals surface area contributed by atoms with Crippen molar-refractivity contribution in [3.8, 4) is 0 Å². The Hall–Kier alpha value is -3.21. The number of benzene rings is 2. The van der Waals surface area contributed by atoms with E-state index in [9.17, 15) is 9.59 Å². The van der Waals surface area contributed by atoms with Gasteiger partial charge < -0.3 is 9.64 Å². The van der Waals surface area contributed by atoms with Crippen LogP contribution in [-0.4, -0.2) is 37.7 Å². The maximum absolute atomic E-state index is 13.7. The summed E-state index contributed by atoms with van der Waals surface area (Å²) in [6.07, 6.45) is 5.16. The molecule has 1 unspecified atom stereocenters. The number of hydrogen-bond donors (Lipinski definition) is 0. The molecule has 2 aliphatic carbocycles. The Labute approximate surface area is 207 Å². The molecule has 5 heteroatoms. The molecule has 1 fully saturated rings. The van der Waals surface area contributed by atoms with Crippen LogP contribution < -0.4 is 4.90 Å². The molecule has 35 heavy (non-hydrogen) atoms. The summed E-state index contributed by atoms with van der Waals surface area (Å²) in [5.41, 5.74) is 5.49. The molecule has 0 aromatic heterocycles. The van der Waals surface area contributed by atoms with Crippen molar-refractivity contribution in [2.24, 2.45) is 10.9 Å².